The standard InChI is InChI=1S/C19H24N2O3S2/c1-14-5-8-17(9-6-14)26(23,24)20-12-16-4-3-11-21(13-16)19(22)18-10-7-15(2)25-18/h5-10,16,20H,3-4,11-13H2,1-2H3. The Balaban J connectivity index is 1.60. The molecule has 5 nitrogen and oxygen atoms in total. The second-order valence-corrected chi connectivity index (χ2v) is 9.89. The van der Waals surface area contributed by atoms with Crippen LogP contribution >= 0.6 is 11.3 Å². The second-order valence-electron chi connectivity index (χ2n) is 6.83. The SMILES string of the molecule is Cc1ccc(S(=O)(=O)NCC2CCCN(C(=O)c3ccc(C)s3)C2)cc1. The maximum Gasteiger partial charge on any atom is 0.263 e. The molecule has 140 valence electrons. The summed E-state index contributed by atoms with van der Waals surface area (Å²) in [5.74, 6) is 0.183. The number of sulfonamides is 1. The predicted molar refractivity (Wildman–Crippen MR) is 104 cm³/mol. The van der Waals surface area contributed by atoms with Crippen LogP contribution in [0.25, 0.3) is 0 Å². The Morgan fingerprint density at radius 3 is 2.58 bits per heavy atom. The lowest BCUT2D eigenvalue weighted by Crippen LogP contribution is -2.43. The fourth-order valence-corrected chi connectivity index (χ4v) is 5.10. The summed E-state index contributed by atoms with van der Waals surface area (Å²) in [6.45, 7) is 5.58. The molecule has 1 unspecified atom stereocenters. The van der Waals surface area contributed by atoms with Crippen LogP contribution in [0.15, 0.2) is 41.3 Å². The number of piperidine rings is 1. The van der Waals surface area contributed by atoms with E-state index in [4.69, 9.17) is 0 Å². The van der Waals surface area contributed by atoms with Gasteiger partial charge >= 0.3 is 0 Å². The molecule has 1 aromatic heterocycles. The van der Waals surface area contributed by atoms with Gasteiger partial charge in [-0.25, -0.2) is 13.1 Å². The molecular formula is C19H24N2O3S2. The molecule has 2 aromatic rings. The van der Waals surface area contributed by atoms with Crippen LogP contribution in [0.2, 0.25) is 0 Å². The lowest BCUT2D eigenvalue weighted by atomic mass is 9.98. The van der Waals surface area contributed by atoms with Crippen LogP contribution in [-0.2, 0) is 10.0 Å². The fraction of sp³-hybridized carbons (Fsp3) is 0.421. The lowest BCUT2D eigenvalue weighted by molar-refractivity contribution is 0.0681. The molecule has 26 heavy (non-hydrogen) atoms. The zero-order valence-electron chi connectivity index (χ0n) is 15.1. The van der Waals surface area contributed by atoms with Crippen LogP contribution in [-0.4, -0.2) is 38.9 Å². The Kier molecular flexibility index (Phi) is 5.79. The van der Waals surface area contributed by atoms with Crippen molar-refractivity contribution in [3.05, 3.63) is 51.7 Å². The van der Waals surface area contributed by atoms with Crippen molar-refractivity contribution in [2.45, 2.75) is 31.6 Å². The minimum Gasteiger partial charge on any atom is -0.338 e. The maximum absolute atomic E-state index is 12.6. The predicted octanol–water partition coefficient (Wildman–Crippen LogP) is 3.20. The van der Waals surface area contributed by atoms with Gasteiger partial charge < -0.3 is 4.90 Å². The molecule has 1 aromatic carbocycles. The normalized spacial score (nSPS) is 18.1. The molecule has 0 radical (unpaired) electrons. The molecular weight excluding hydrogens is 368 g/mol. The number of aryl methyl sites for hydroxylation is 2. The highest BCUT2D eigenvalue weighted by atomic mass is 32.2. The number of rotatable bonds is 5. The van der Waals surface area contributed by atoms with Crippen LogP contribution in [0.3, 0.4) is 0 Å². The molecule has 1 atom stereocenters. The van der Waals surface area contributed by atoms with E-state index >= 15 is 0 Å². The van der Waals surface area contributed by atoms with Crippen molar-refractivity contribution in [3.8, 4) is 0 Å². The van der Waals surface area contributed by atoms with Gasteiger partial charge in [0, 0.05) is 24.5 Å². The molecule has 1 aliphatic rings. The Bertz CT molecular complexity index is 872. The zero-order chi connectivity index (χ0) is 18.7. The van der Waals surface area contributed by atoms with Gasteiger partial charge in [-0.15, -0.1) is 11.3 Å². The van der Waals surface area contributed by atoms with E-state index in [2.05, 4.69) is 4.72 Å². The summed E-state index contributed by atoms with van der Waals surface area (Å²) in [4.78, 5) is 16.6. The largest absolute Gasteiger partial charge is 0.338 e. The van der Waals surface area contributed by atoms with Crippen molar-refractivity contribution < 1.29 is 13.2 Å². The summed E-state index contributed by atoms with van der Waals surface area (Å²) in [5.41, 5.74) is 1.02. The second kappa shape index (κ2) is 7.90. The van der Waals surface area contributed by atoms with Gasteiger partial charge in [0.05, 0.1) is 9.77 Å². The minimum atomic E-state index is -3.51. The molecule has 0 aliphatic carbocycles. The van der Waals surface area contributed by atoms with E-state index in [0.29, 0.717) is 13.1 Å². The maximum atomic E-state index is 12.6. The molecule has 1 fully saturated rings. The third-order valence-corrected chi connectivity index (χ3v) is 7.08. The average molecular weight is 393 g/mol. The van der Waals surface area contributed by atoms with Crippen molar-refractivity contribution in [2.75, 3.05) is 19.6 Å². The van der Waals surface area contributed by atoms with Gasteiger partial charge in [-0.2, -0.15) is 0 Å². The number of likely N-dealkylation sites (tertiary alicyclic amines) is 1. The van der Waals surface area contributed by atoms with Crippen molar-refractivity contribution in [1.29, 1.82) is 0 Å². The number of nitrogens with zero attached hydrogens (tertiary/aromatic N) is 1. The van der Waals surface area contributed by atoms with E-state index in [0.717, 1.165) is 34.7 Å². The van der Waals surface area contributed by atoms with Crippen molar-refractivity contribution >= 4 is 27.3 Å². The van der Waals surface area contributed by atoms with Crippen LogP contribution < -0.4 is 4.72 Å². The van der Waals surface area contributed by atoms with E-state index in [1.807, 2.05) is 30.9 Å². The molecule has 3 rings (SSSR count). The highest BCUT2D eigenvalue weighted by Crippen LogP contribution is 2.22. The summed E-state index contributed by atoms with van der Waals surface area (Å²) in [6, 6.07) is 10.6. The van der Waals surface area contributed by atoms with Gasteiger partial charge in [0.1, 0.15) is 0 Å². The van der Waals surface area contributed by atoms with Crippen LogP contribution in [0.1, 0.15) is 33.0 Å². The quantitative estimate of drug-likeness (QED) is 0.850. The Hall–Kier alpha value is -1.70. The highest BCUT2D eigenvalue weighted by Gasteiger charge is 2.26. The zero-order valence-corrected chi connectivity index (χ0v) is 16.7. The Morgan fingerprint density at radius 2 is 1.92 bits per heavy atom. The van der Waals surface area contributed by atoms with Crippen molar-refractivity contribution in [3.63, 3.8) is 0 Å². The molecule has 1 amide bonds. The number of carbonyl (C=O) groups excluding carboxylic acids is 1. The average Bonchev–Trinajstić information content (AvgIpc) is 3.06. The summed E-state index contributed by atoms with van der Waals surface area (Å²) < 4.78 is 27.6. The summed E-state index contributed by atoms with van der Waals surface area (Å²) >= 11 is 1.50. The minimum absolute atomic E-state index is 0.0502. The number of hydrogen-bond acceptors (Lipinski definition) is 4. The monoisotopic (exact) mass is 392 g/mol. The first kappa shape index (κ1) is 19.1. The molecule has 1 saturated heterocycles. The molecule has 1 N–H and O–H groups in total. The highest BCUT2D eigenvalue weighted by molar-refractivity contribution is 7.89. The van der Waals surface area contributed by atoms with Crippen molar-refractivity contribution in [1.82, 2.24) is 9.62 Å². The van der Waals surface area contributed by atoms with E-state index < -0.39 is 10.0 Å². The first-order chi connectivity index (χ1) is 12.3. The summed E-state index contributed by atoms with van der Waals surface area (Å²) in [7, 11) is -3.51. The fourth-order valence-electron chi connectivity index (χ4n) is 3.15. The number of benzene rings is 1. The molecule has 0 spiro atoms. The third kappa shape index (κ3) is 4.52. The third-order valence-electron chi connectivity index (χ3n) is 4.65. The summed E-state index contributed by atoms with van der Waals surface area (Å²) in [5, 5.41) is 0. The van der Waals surface area contributed by atoms with Gasteiger partial charge in [0.15, 0.2) is 0 Å². The molecule has 1 aliphatic heterocycles. The van der Waals surface area contributed by atoms with E-state index in [9.17, 15) is 13.2 Å². The number of amides is 1. The van der Waals surface area contributed by atoms with E-state index in [1.54, 1.807) is 24.3 Å². The first-order valence-electron chi connectivity index (χ1n) is 8.77. The van der Waals surface area contributed by atoms with Crippen molar-refractivity contribution in [2.24, 2.45) is 5.92 Å². The van der Waals surface area contributed by atoms with Crippen LogP contribution in [0.5, 0.6) is 0 Å². The molecule has 7 heteroatoms. The molecule has 0 saturated carbocycles. The smallest absolute Gasteiger partial charge is 0.263 e. The van der Waals surface area contributed by atoms with Gasteiger partial charge in [-0.3, -0.25) is 4.79 Å². The Morgan fingerprint density at radius 1 is 1.19 bits per heavy atom. The van der Waals surface area contributed by atoms with Gasteiger partial charge in [0.25, 0.3) is 5.91 Å². The van der Waals surface area contributed by atoms with Gasteiger partial charge in [0.2, 0.25) is 10.0 Å². The number of thiophene rings is 1. The number of nitrogens with one attached hydrogen (secondary N) is 1. The van der Waals surface area contributed by atoms with E-state index in [-0.39, 0.29) is 16.7 Å². The number of carbonyl (C=O) groups is 1. The topological polar surface area (TPSA) is 66.5 Å². The number of hydrogen-bond donors (Lipinski definition) is 1. The van der Waals surface area contributed by atoms with Crippen LogP contribution in [0.4, 0.5) is 0 Å². The van der Waals surface area contributed by atoms with E-state index in [1.165, 1.54) is 11.3 Å². The summed E-state index contributed by atoms with van der Waals surface area (Å²) in [6.07, 6.45) is 1.82. The first-order valence-corrected chi connectivity index (χ1v) is 11.1. The lowest BCUT2D eigenvalue weighted by Gasteiger charge is -2.32. The molecule has 2 heterocycles. The Labute approximate surface area is 159 Å². The van der Waals surface area contributed by atoms with Gasteiger partial charge in [-0.1, -0.05) is 17.7 Å². The van der Waals surface area contributed by atoms with Gasteiger partial charge in [-0.05, 0) is 56.9 Å². The molecule has 0 bridgehead atoms. The van der Waals surface area contributed by atoms with Crippen LogP contribution in [0, 0.1) is 19.8 Å².